The van der Waals surface area contributed by atoms with Crippen molar-refractivity contribution in [1.29, 1.82) is 0 Å². The topological polar surface area (TPSA) is 106 Å². The molecule has 1 aliphatic heterocycles. The predicted octanol–water partition coefficient (Wildman–Crippen LogP) is 2.88. The number of rotatable bonds is 3. The van der Waals surface area contributed by atoms with Crippen molar-refractivity contribution in [1.82, 2.24) is 19.7 Å². The Bertz CT molecular complexity index is 1100. The summed E-state index contributed by atoms with van der Waals surface area (Å²) >= 11 is 5.75. The molecule has 0 radical (unpaired) electrons. The van der Waals surface area contributed by atoms with Gasteiger partial charge in [-0.05, 0) is 24.3 Å². The van der Waals surface area contributed by atoms with Gasteiger partial charge in [-0.25, -0.2) is 14.2 Å². The highest BCUT2D eigenvalue weighted by Gasteiger charge is 2.29. The van der Waals surface area contributed by atoms with Crippen LogP contribution in [0.25, 0.3) is 11.3 Å². The van der Waals surface area contributed by atoms with Gasteiger partial charge in [-0.1, -0.05) is 23.7 Å². The molecule has 10 heteroatoms. The van der Waals surface area contributed by atoms with Crippen LogP contribution in [0.5, 0.6) is 0 Å². The summed E-state index contributed by atoms with van der Waals surface area (Å²) in [5.74, 6) is -1.13. The molecule has 4 rings (SSSR count). The van der Waals surface area contributed by atoms with Gasteiger partial charge in [0.05, 0.1) is 36.2 Å². The summed E-state index contributed by atoms with van der Waals surface area (Å²) in [6.45, 7) is 0.882. The van der Waals surface area contributed by atoms with Crippen LogP contribution in [-0.4, -0.2) is 38.1 Å². The molecule has 0 aliphatic carbocycles. The average molecular weight is 415 g/mol. The maximum Gasteiger partial charge on any atom is 0.322 e. The number of hydrogen-bond acceptors (Lipinski definition) is 4. The van der Waals surface area contributed by atoms with Crippen LogP contribution in [0.15, 0.2) is 42.6 Å². The minimum Gasteiger partial charge on any atom is -0.365 e. The second-order valence-electron chi connectivity index (χ2n) is 6.49. The van der Waals surface area contributed by atoms with Gasteiger partial charge in [0.1, 0.15) is 16.7 Å². The fourth-order valence-electron chi connectivity index (χ4n) is 3.24. The number of hydrogen-bond donors (Lipinski definition) is 2. The zero-order valence-corrected chi connectivity index (χ0v) is 15.9. The largest absolute Gasteiger partial charge is 0.365 e. The molecular formula is C19H16ClFN6O2. The first-order valence-corrected chi connectivity index (χ1v) is 9.13. The quantitative estimate of drug-likeness (QED) is 0.642. The molecule has 3 aromatic rings. The molecule has 0 saturated carbocycles. The lowest BCUT2D eigenvalue weighted by Crippen LogP contribution is -2.41. The first kappa shape index (κ1) is 18.9. The molecule has 0 saturated heterocycles. The molecule has 3 amide bonds. The number of urea groups is 1. The summed E-state index contributed by atoms with van der Waals surface area (Å²) in [4.78, 5) is 30.2. The number of nitrogens with zero attached hydrogens (tertiary/aromatic N) is 4. The number of halogens is 2. The van der Waals surface area contributed by atoms with Crippen LogP contribution in [0.2, 0.25) is 5.15 Å². The number of fused-ring (bicyclic) bond motifs is 1. The van der Waals surface area contributed by atoms with Crippen molar-refractivity contribution in [2.45, 2.75) is 13.1 Å². The monoisotopic (exact) mass is 414 g/mol. The summed E-state index contributed by atoms with van der Waals surface area (Å²) < 4.78 is 15.3. The van der Waals surface area contributed by atoms with Gasteiger partial charge in [-0.15, -0.1) is 0 Å². The maximum atomic E-state index is 13.6. The van der Waals surface area contributed by atoms with Crippen molar-refractivity contribution < 1.29 is 14.0 Å². The molecule has 29 heavy (non-hydrogen) atoms. The number of pyridine rings is 1. The lowest BCUT2D eigenvalue weighted by Gasteiger charge is -2.28. The molecule has 0 atom stereocenters. The highest BCUT2D eigenvalue weighted by Crippen LogP contribution is 2.28. The second kappa shape index (κ2) is 7.51. The van der Waals surface area contributed by atoms with Gasteiger partial charge in [-0.2, -0.15) is 5.10 Å². The fraction of sp³-hybridized carbons (Fsp3) is 0.158. The zero-order chi connectivity index (χ0) is 20.5. The van der Waals surface area contributed by atoms with E-state index in [1.54, 1.807) is 22.9 Å². The normalized spacial score (nSPS) is 13.1. The Morgan fingerprint density at radius 1 is 1.21 bits per heavy atom. The smallest absolute Gasteiger partial charge is 0.322 e. The minimum atomic E-state index is -0.685. The van der Waals surface area contributed by atoms with Crippen LogP contribution in [-0.2, 0) is 13.1 Å². The van der Waals surface area contributed by atoms with E-state index in [4.69, 9.17) is 17.3 Å². The number of aromatic nitrogens is 3. The molecule has 0 unspecified atom stereocenters. The van der Waals surface area contributed by atoms with Crippen molar-refractivity contribution in [2.24, 2.45) is 5.73 Å². The number of carbonyl (C=O) groups excluding carboxylic acids is 2. The lowest BCUT2D eigenvalue weighted by molar-refractivity contribution is 0.0997. The molecule has 3 heterocycles. The Morgan fingerprint density at radius 3 is 2.72 bits per heavy atom. The SMILES string of the molecule is NC(=O)c1c(-c2cccc(F)c2)nn2c1CN(C(=O)Nc1ccc(Cl)nc1)CC2. The van der Waals surface area contributed by atoms with E-state index in [9.17, 15) is 14.0 Å². The first-order valence-electron chi connectivity index (χ1n) is 8.75. The predicted molar refractivity (Wildman–Crippen MR) is 105 cm³/mol. The van der Waals surface area contributed by atoms with Gasteiger partial charge in [0.15, 0.2) is 0 Å². The maximum absolute atomic E-state index is 13.6. The first-order chi connectivity index (χ1) is 13.9. The van der Waals surface area contributed by atoms with E-state index in [0.717, 1.165) is 0 Å². The van der Waals surface area contributed by atoms with Crippen LogP contribution in [0.4, 0.5) is 14.9 Å². The second-order valence-corrected chi connectivity index (χ2v) is 6.88. The Kier molecular flexibility index (Phi) is 4.89. The van der Waals surface area contributed by atoms with Crippen molar-refractivity contribution in [3.05, 3.63) is 64.8 Å². The Balaban J connectivity index is 1.62. The van der Waals surface area contributed by atoms with Gasteiger partial charge >= 0.3 is 6.03 Å². The number of amides is 3. The van der Waals surface area contributed by atoms with Gasteiger partial charge in [-0.3, -0.25) is 9.48 Å². The van der Waals surface area contributed by atoms with Crippen molar-refractivity contribution in [2.75, 3.05) is 11.9 Å². The summed E-state index contributed by atoms with van der Waals surface area (Å²) in [6.07, 6.45) is 1.45. The highest BCUT2D eigenvalue weighted by atomic mass is 35.5. The van der Waals surface area contributed by atoms with E-state index in [1.807, 2.05) is 0 Å². The highest BCUT2D eigenvalue weighted by molar-refractivity contribution is 6.29. The molecule has 3 N–H and O–H groups in total. The standard InChI is InChI=1S/C19H16ClFN6O2/c20-15-5-4-13(9-23-15)24-19(29)26-6-7-27-14(10-26)16(18(22)28)17(25-27)11-2-1-3-12(21)8-11/h1-5,8-9H,6-7,10H2,(H2,22,28)(H,24,29). The molecular weight excluding hydrogens is 399 g/mol. The van der Waals surface area contributed by atoms with Crippen molar-refractivity contribution in [3.8, 4) is 11.3 Å². The van der Waals surface area contributed by atoms with Crippen LogP contribution in [0.3, 0.4) is 0 Å². The molecule has 1 aliphatic rings. The van der Waals surface area contributed by atoms with Crippen molar-refractivity contribution in [3.63, 3.8) is 0 Å². The summed E-state index contributed by atoms with van der Waals surface area (Å²) in [5, 5.41) is 7.49. The van der Waals surface area contributed by atoms with Crippen LogP contribution in [0, 0.1) is 5.82 Å². The van der Waals surface area contributed by atoms with E-state index >= 15 is 0 Å². The van der Waals surface area contributed by atoms with Gasteiger partial charge in [0, 0.05) is 12.1 Å². The van der Waals surface area contributed by atoms with Gasteiger partial charge in [0.2, 0.25) is 0 Å². The third-order valence-corrected chi connectivity index (χ3v) is 4.81. The van der Waals surface area contributed by atoms with Crippen LogP contribution >= 0.6 is 11.6 Å². The lowest BCUT2D eigenvalue weighted by atomic mass is 10.0. The zero-order valence-electron chi connectivity index (χ0n) is 15.1. The van der Waals surface area contributed by atoms with Gasteiger partial charge in [0.25, 0.3) is 5.91 Å². The average Bonchev–Trinajstić information content (AvgIpc) is 3.08. The van der Waals surface area contributed by atoms with Crippen molar-refractivity contribution >= 4 is 29.2 Å². The number of anilines is 1. The number of primary amides is 1. The summed E-state index contributed by atoms with van der Waals surface area (Å²) in [5.41, 5.74) is 7.53. The fourth-order valence-corrected chi connectivity index (χ4v) is 3.35. The number of benzene rings is 1. The molecule has 2 aromatic heterocycles. The number of carbonyl (C=O) groups is 2. The molecule has 8 nitrogen and oxygen atoms in total. The van der Waals surface area contributed by atoms with Crippen LogP contribution in [0.1, 0.15) is 16.1 Å². The van der Waals surface area contributed by atoms with E-state index in [-0.39, 0.29) is 18.1 Å². The Morgan fingerprint density at radius 2 is 2.03 bits per heavy atom. The number of nitrogens with one attached hydrogen (secondary N) is 1. The minimum absolute atomic E-state index is 0.132. The summed E-state index contributed by atoms with van der Waals surface area (Å²) in [7, 11) is 0. The van der Waals surface area contributed by atoms with E-state index in [1.165, 1.54) is 29.3 Å². The Hall–Kier alpha value is -3.46. The molecule has 0 fully saturated rings. The molecule has 0 bridgehead atoms. The third kappa shape index (κ3) is 3.77. The summed E-state index contributed by atoms with van der Waals surface area (Å²) in [6, 6.07) is 8.64. The van der Waals surface area contributed by atoms with E-state index < -0.39 is 11.7 Å². The van der Waals surface area contributed by atoms with Crippen LogP contribution < -0.4 is 11.1 Å². The molecule has 0 spiro atoms. The molecule has 148 valence electrons. The number of nitrogens with two attached hydrogens (primary N) is 1. The Labute approximate surface area is 170 Å². The third-order valence-electron chi connectivity index (χ3n) is 4.59. The van der Waals surface area contributed by atoms with Gasteiger partial charge < -0.3 is 16.0 Å². The van der Waals surface area contributed by atoms with E-state index in [0.29, 0.717) is 40.9 Å². The van der Waals surface area contributed by atoms with E-state index in [2.05, 4.69) is 15.4 Å². The molecule has 1 aromatic carbocycles.